The predicted molar refractivity (Wildman–Crippen MR) is 68.9 cm³/mol. The Labute approximate surface area is 108 Å². The van der Waals surface area contributed by atoms with Crippen LogP contribution in [-0.2, 0) is 9.59 Å². The first-order valence-corrected chi connectivity index (χ1v) is 6.66. The van der Waals surface area contributed by atoms with Crippen LogP contribution in [0, 0.1) is 17.8 Å². The minimum Gasteiger partial charge on any atom is -0.481 e. The molecule has 5 heteroatoms. The van der Waals surface area contributed by atoms with Gasteiger partial charge in [-0.25, -0.2) is 0 Å². The number of carboxylic acid groups (broad SMARTS) is 1. The average Bonchev–Trinajstić information content (AvgIpc) is 2.69. The Kier molecular flexibility index (Phi) is 5.59. The summed E-state index contributed by atoms with van der Waals surface area (Å²) in [6, 6.07) is 0. The average molecular weight is 256 g/mol. The van der Waals surface area contributed by atoms with Gasteiger partial charge in [-0.3, -0.25) is 9.59 Å². The van der Waals surface area contributed by atoms with Crippen LogP contribution in [0.15, 0.2) is 0 Å². The van der Waals surface area contributed by atoms with E-state index in [0.29, 0.717) is 32.0 Å². The van der Waals surface area contributed by atoms with Crippen molar-refractivity contribution in [3.8, 4) is 0 Å². The van der Waals surface area contributed by atoms with Gasteiger partial charge in [0.2, 0.25) is 5.91 Å². The minimum atomic E-state index is -0.797. The third-order valence-electron chi connectivity index (χ3n) is 3.79. The molecule has 104 valence electrons. The second-order valence-corrected chi connectivity index (χ2v) is 5.44. The summed E-state index contributed by atoms with van der Waals surface area (Å²) in [6.07, 6.45) is 2.26. The molecule has 1 rings (SSSR count). The van der Waals surface area contributed by atoms with Gasteiger partial charge in [-0.1, -0.05) is 13.8 Å². The van der Waals surface area contributed by atoms with Gasteiger partial charge in [0.05, 0.1) is 5.92 Å². The molecule has 3 atom stereocenters. The van der Waals surface area contributed by atoms with E-state index in [1.54, 1.807) is 4.90 Å². The van der Waals surface area contributed by atoms with Crippen LogP contribution in [0.25, 0.3) is 0 Å². The summed E-state index contributed by atoms with van der Waals surface area (Å²) in [6.45, 7) is 5.56. The highest BCUT2D eigenvalue weighted by molar-refractivity contribution is 5.78. The molecule has 18 heavy (non-hydrogen) atoms. The molecule has 1 saturated heterocycles. The molecule has 1 fully saturated rings. The largest absolute Gasteiger partial charge is 0.481 e. The fraction of sp³-hybridized carbons (Fsp3) is 0.846. The highest BCUT2D eigenvalue weighted by atomic mass is 16.4. The summed E-state index contributed by atoms with van der Waals surface area (Å²) in [5, 5.41) is 9.02. The fourth-order valence-electron chi connectivity index (χ4n) is 2.45. The van der Waals surface area contributed by atoms with Crippen LogP contribution in [0.1, 0.15) is 33.1 Å². The van der Waals surface area contributed by atoms with Crippen molar-refractivity contribution in [3.05, 3.63) is 0 Å². The van der Waals surface area contributed by atoms with Gasteiger partial charge in [0.25, 0.3) is 0 Å². The highest BCUT2D eigenvalue weighted by Crippen LogP contribution is 2.24. The lowest BCUT2D eigenvalue weighted by Crippen LogP contribution is -2.30. The minimum absolute atomic E-state index is 0.0490. The van der Waals surface area contributed by atoms with Crippen molar-refractivity contribution in [2.24, 2.45) is 23.5 Å². The molecule has 0 saturated carbocycles. The van der Waals surface area contributed by atoms with Gasteiger partial charge in [0.15, 0.2) is 0 Å². The van der Waals surface area contributed by atoms with Gasteiger partial charge in [0, 0.05) is 19.5 Å². The van der Waals surface area contributed by atoms with Crippen molar-refractivity contribution in [3.63, 3.8) is 0 Å². The number of carboxylic acids is 1. The number of aliphatic carboxylic acids is 1. The molecule has 0 spiro atoms. The van der Waals surface area contributed by atoms with E-state index < -0.39 is 11.9 Å². The Balaban J connectivity index is 2.38. The quantitative estimate of drug-likeness (QED) is 0.740. The standard InChI is InChI=1S/C13H24N2O3/c1-9(5-6-14)3-4-12(16)15-7-10(2)11(8-15)13(17)18/h9-11H,3-8,14H2,1-2H3,(H,17,18). The van der Waals surface area contributed by atoms with Crippen molar-refractivity contribution >= 4 is 11.9 Å². The highest BCUT2D eigenvalue weighted by Gasteiger charge is 2.36. The molecule has 1 amide bonds. The van der Waals surface area contributed by atoms with Crippen LogP contribution in [0.5, 0.6) is 0 Å². The normalized spacial score (nSPS) is 25.2. The fourth-order valence-corrected chi connectivity index (χ4v) is 2.45. The summed E-state index contributed by atoms with van der Waals surface area (Å²) < 4.78 is 0. The summed E-state index contributed by atoms with van der Waals surface area (Å²) in [7, 11) is 0. The lowest BCUT2D eigenvalue weighted by atomic mass is 9.99. The smallest absolute Gasteiger partial charge is 0.308 e. The maximum absolute atomic E-state index is 12.0. The number of rotatable bonds is 6. The van der Waals surface area contributed by atoms with E-state index in [9.17, 15) is 9.59 Å². The first-order valence-electron chi connectivity index (χ1n) is 6.66. The zero-order chi connectivity index (χ0) is 13.7. The van der Waals surface area contributed by atoms with Gasteiger partial charge >= 0.3 is 5.97 Å². The predicted octanol–water partition coefficient (Wildman–Crippen LogP) is 0.931. The molecule has 0 aliphatic carbocycles. The summed E-state index contributed by atoms with van der Waals surface area (Å²) in [4.78, 5) is 24.6. The number of amides is 1. The summed E-state index contributed by atoms with van der Waals surface area (Å²) in [5.41, 5.74) is 5.47. The zero-order valence-corrected chi connectivity index (χ0v) is 11.3. The lowest BCUT2D eigenvalue weighted by molar-refractivity contribution is -0.142. The SMILES string of the molecule is CC(CCN)CCC(=O)N1CC(C)C(C(=O)O)C1. The van der Waals surface area contributed by atoms with Gasteiger partial charge < -0.3 is 15.7 Å². The van der Waals surface area contributed by atoms with E-state index in [1.165, 1.54) is 0 Å². The lowest BCUT2D eigenvalue weighted by Gasteiger charge is -2.17. The van der Waals surface area contributed by atoms with Crippen molar-refractivity contribution in [2.45, 2.75) is 33.1 Å². The molecule has 0 aromatic heterocycles. The van der Waals surface area contributed by atoms with Gasteiger partial charge in [-0.15, -0.1) is 0 Å². The third-order valence-corrected chi connectivity index (χ3v) is 3.79. The second-order valence-electron chi connectivity index (χ2n) is 5.44. The van der Waals surface area contributed by atoms with Crippen LogP contribution in [0.2, 0.25) is 0 Å². The molecular formula is C13H24N2O3. The van der Waals surface area contributed by atoms with Crippen molar-refractivity contribution in [2.75, 3.05) is 19.6 Å². The second kappa shape index (κ2) is 6.73. The number of hydrogen-bond donors (Lipinski definition) is 2. The van der Waals surface area contributed by atoms with Gasteiger partial charge in [-0.05, 0) is 31.2 Å². The molecule has 3 N–H and O–H groups in total. The van der Waals surface area contributed by atoms with E-state index >= 15 is 0 Å². The van der Waals surface area contributed by atoms with Crippen LogP contribution in [-0.4, -0.2) is 41.5 Å². The van der Waals surface area contributed by atoms with E-state index in [0.717, 1.165) is 12.8 Å². The number of nitrogens with zero attached hydrogens (tertiary/aromatic N) is 1. The van der Waals surface area contributed by atoms with Crippen LogP contribution >= 0.6 is 0 Å². The maximum Gasteiger partial charge on any atom is 0.308 e. The van der Waals surface area contributed by atoms with Gasteiger partial charge in [0.1, 0.15) is 0 Å². The van der Waals surface area contributed by atoms with Crippen molar-refractivity contribution < 1.29 is 14.7 Å². The van der Waals surface area contributed by atoms with E-state index in [-0.39, 0.29) is 11.8 Å². The molecule has 0 radical (unpaired) electrons. The molecule has 0 aromatic carbocycles. The van der Waals surface area contributed by atoms with E-state index in [2.05, 4.69) is 6.92 Å². The Morgan fingerprint density at radius 3 is 2.56 bits per heavy atom. The van der Waals surface area contributed by atoms with Crippen LogP contribution in [0.3, 0.4) is 0 Å². The number of likely N-dealkylation sites (tertiary alicyclic amines) is 1. The maximum atomic E-state index is 12.0. The molecule has 1 aliphatic rings. The van der Waals surface area contributed by atoms with Crippen molar-refractivity contribution in [1.29, 1.82) is 0 Å². The molecule has 0 bridgehead atoms. The Hall–Kier alpha value is -1.10. The molecule has 1 heterocycles. The molecule has 5 nitrogen and oxygen atoms in total. The van der Waals surface area contributed by atoms with Crippen LogP contribution in [0.4, 0.5) is 0 Å². The van der Waals surface area contributed by atoms with E-state index in [4.69, 9.17) is 10.8 Å². The van der Waals surface area contributed by atoms with Gasteiger partial charge in [-0.2, -0.15) is 0 Å². The first-order chi connectivity index (χ1) is 8.45. The van der Waals surface area contributed by atoms with Crippen molar-refractivity contribution in [1.82, 2.24) is 4.90 Å². The Morgan fingerprint density at radius 2 is 2.06 bits per heavy atom. The summed E-state index contributed by atoms with van der Waals surface area (Å²) >= 11 is 0. The zero-order valence-electron chi connectivity index (χ0n) is 11.3. The number of carbonyl (C=O) groups is 2. The van der Waals surface area contributed by atoms with Crippen LogP contribution < -0.4 is 5.73 Å². The van der Waals surface area contributed by atoms with E-state index in [1.807, 2.05) is 6.92 Å². The molecular weight excluding hydrogens is 232 g/mol. The Morgan fingerprint density at radius 1 is 1.39 bits per heavy atom. The topological polar surface area (TPSA) is 83.6 Å². The number of carbonyl (C=O) groups excluding carboxylic acids is 1. The first kappa shape index (κ1) is 15.0. The molecule has 3 unspecified atom stereocenters. The molecule has 0 aromatic rings. The molecule has 1 aliphatic heterocycles. The number of hydrogen-bond acceptors (Lipinski definition) is 3. The monoisotopic (exact) mass is 256 g/mol. The third kappa shape index (κ3) is 3.98. The summed E-state index contributed by atoms with van der Waals surface area (Å²) in [5.74, 6) is -0.624. The Bertz CT molecular complexity index is 307. The number of nitrogens with two attached hydrogens (primary N) is 1.